The quantitative estimate of drug-likeness (QED) is 0.732. The minimum atomic E-state index is -4.38. The molecule has 2 N–H and O–H groups in total. The first-order valence-electron chi connectivity index (χ1n) is 9.02. The molecular weight excluding hydrogens is 411 g/mol. The smallest absolute Gasteiger partial charge is 0.422 e. The van der Waals surface area contributed by atoms with Gasteiger partial charge in [0.2, 0.25) is 0 Å². The third-order valence-electron chi connectivity index (χ3n) is 4.58. The molecule has 0 bridgehead atoms. The molecule has 7 nitrogen and oxygen atoms in total. The van der Waals surface area contributed by atoms with E-state index in [0.717, 1.165) is 37.2 Å². The van der Waals surface area contributed by atoms with Crippen molar-refractivity contribution in [2.45, 2.75) is 38.5 Å². The average molecular weight is 434 g/mol. The molecule has 0 radical (unpaired) electrons. The standard InChI is InChI=1S/C18H22F3N5O2.ClH/c1-12-16(24-25-26(12)14-6-8-22-9-7-14)17(27)23-10-13-2-4-15(5-3-13)28-11-18(19,20)21;/h2-5,14,22H,6-11H2,1H3,(H,23,27);1H. The zero-order chi connectivity index (χ0) is 20.1. The molecule has 2 heterocycles. The summed E-state index contributed by atoms with van der Waals surface area (Å²) in [5.41, 5.74) is 1.74. The molecule has 3 rings (SSSR count). The van der Waals surface area contributed by atoms with Crippen LogP contribution in [0.3, 0.4) is 0 Å². The summed E-state index contributed by atoms with van der Waals surface area (Å²) in [5, 5.41) is 14.2. The maximum atomic E-state index is 12.4. The lowest BCUT2D eigenvalue weighted by atomic mass is 10.1. The molecule has 1 aromatic carbocycles. The Bertz CT molecular complexity index is 805. The predicted octanol–water partition coefficient (Wildman–Crippen LogP) is 2.80. The Morgan fingerprint density at radius 2 is 1.93 bits per heavy atom. The average Bonchev–Trinajstić information content (AvgIpc) is 3.07. The molecular formula is C18H23ClF3N5O2. The van der Waals surface area contributed by atoms with Crippen LogP contribution in [0.4, 0.5) is 13.2 Å². The van der Waals surface area contributed by atoms with Crippen LogP contribution < -0.4 is 15.4 Å². The van der Waals surface area contributed by atoms with E-state index in [2.05, 4.69) is 25.7 Å². The van der Waals surface area contributed by atoms with E-state index in [-0.39, 0.29) is 42.3 Å². The Labute approximate surface area is 172 Å². The highest BCUT2D eigenvalue weighted by molar-refractivity contribution is 5.93. The second-order valence-corrected chi connectivity index (χ2v) is 6.68. The van der Waals surface area contributed by atoms with E-state index in [4.69, 9.17) is 0 Å². The number of piperidine rings is 1. The maximum Gasteiger partial charge on any atom is 0.422 e. The van der Waals surface area contributed by atoms with Crippen molar-refractivity contribution in [3.05, 3.63) is 41.2 Å². The van der Waals surface area contributed by atoms with Crippen molar-refractivity contribution in [3.8, 4) is 5.75 Å². The summed E-state index contributed by atoms with van der Waals surface area (Å²) in [6.45, 7) is 2.53. The van der Waals surface area contributed by atoms with Gasteiger partial charge in [0.05, 0.1) is 11.7 Å². The van der Waals surface area contributed by atoms with Crippen LogP contribution in [-0.4, -0.2) is 46.8 Å². The summed E-state index contributed by atoms with van der Waals surface area (Å²) in [6.07, 6.45) is -2.50. The molecule has 0 saturated carbocycles. The first-order valence-corrected chi connectivity index (χ1v) is 9.02. The van der Waals surface area contributed by atoms with E-state index in [1.165, 1.54) is 12.1 Å². The molecule has 1 saturated heterocycles. The first kappa shape index (κ1) is 23.0. The molecule has 1 aliphatic heterocycles. The van der Waals surface area contributed by atoms with Crippen LogP contribution in [0, 0.1) is 6.92 Å². The maximum absolute atomic E-state index is 12.4. The zero-order valence-electron chi connectivity index (χ0n) is 15.8. The van der Waals surface area contributed by atoms with Crippen molar-refractivity contribution in [1.82, 2.24) is 25.6 Å². The lowest BCUT2D eigenvalue weighted by Crippen LogP contribution is -2.30. The Morgan fingerprint density at radius 1 is 1.28 bits per heavy atom. The van der Waals surface area contributed by atoms with E-state index in [0.29, 0.717) is 0 Å². The number of carbonyl (C=O) groups is 1. The Morgan fingerprint density at radius 3 is 2.55 bits per heavy atom. The van der Waals surface area contributed by atoms with E-state index < -0.39 is 12.8 Å². The van der Waals surface area contributed by atoms with Crippen molar-refractivity contribution in [3.63, 3.8) is 0 Å². The summed E-state index contributed by atoms with van der Waals surface area (Å²) >= 11 is 0. The summed E-state index contributed by atoms with van der Waals surface area (Å²) in [4.78, 5) is 12.4. The lowest BCUT2D eigenvalue weighted by Gasteiger charge is -2.23. The highest BCUT2D eigenvalue weighted by Crippen LogP contribution is 2.21. The minimum Gasteiger partial charge on any atom is -0.484 e. The molecule has 0 aliphatic carbocycles. The van der Waals surface area contributed by atoms with Crippen LogP contribution in [0.15, 0.2) is 24.3 Å². The van der Waals surface area contributed by atoms with Crippen LogP contribution in [-0.2, 0) is 6.54 Å². The molecule has 1 aliphatic rings. The number of nitrogens with zero attached hydrogens (tertiary/aromatic N) is 3. The van der Waals surface area contributed by atoms with E-state index in [1.54, 1.807) is 12.1 Å². The molecule has 0 atom stereocenters. The highest BCUT2D eigenvalue weighted by atomic mass is 35.5. The number of alkyl halides is 3. The second kappa shape index (κ2) is 9.93. The van der Waals surface area contributed by atoms with Crippen LogP contribution in [0.1, 0.15) is 40.6 Å². The first-order chi connectivity index (χ1) is 13.3. The van der Waals surface area contributed by atoms with Gasteiger partial charge in [0.15, 0.2) is 12.3 Å². The number of nitrogens with one attached hydrogen (secondary N) is 2. The molecule has 1 amide bonds. The van der Waals surface area contributed by atoms with Gasteiger partial charge in [0.1, 0.15) is 5.75 Å². The van der Waals surface area contributed by atoms with Gasteiger partial charge >= 0.3 is 6.18 Å². The SMILES string of the molecule is Cc1c(C(=O)NCc2ccc(OCC(F)(F)F)cc2)nnn1C1CCNCC1.Cl. The number of hydrogen-bond donors (Lipinski definition) is 2. The Balaban J connectivity index is 0.00000300. The van der Waals surface area contributed by atoms with Crippen molar-refractivity contribution < 1.29 is 22.7 Å². The van der Waals surface area contributed by atoms with Crippen LogP contribution in [0.25, 0.3) is 0 Å². The number of rotatable bonds is 6. The number of aromatic nitrogens is 3. The summed E-state index contributed by atoms with van der Waals surface area (Å²) in [7, 11) is 0. The number of ether oxygens (including phenoxy) is 1. The molecule has 1 aromatic heterocycles. The van der Waals surface area contributed by atoms with Gasteiger partial charge in [-0.2, -0.15) is 13.2 Å². The Hall–Kier alpha value is -2.33. The lowest BCUT2D eigenvalue weighted by molar-refractivity contribution is -0.153. The van der Waals surface area contributed by atoms with Crippen LogP contribution >= 0.6 is 12.4 Å². The highest BCUT2D eigenvalue weighted by Gasteiger charge is 2.28. The minimum absolute atomic E-state index is 0. The molecule has 0 spiro atoms. The third-order valence-corrected chi connectivity index (χ3v) is 4.58. The summed E-state index contributed by atoms with van der Waals surface area (Å²) in [5.74, 6) is -0.219. The topological polar surface area (TPSA) is 81.1 Å². The number of halogens is 4. The number of carbonyl (C=O) groups excluding carboxylic acids is 1. The molecule has 0 unspecified atom stereocenters. The van der Waals surface area contributed by atoms with Gasteiger partial charge in [0, 0.05) is 6.54 Å². The van der Waals surface area contributed by atoms with Crippen molar-refractivity contribution in [2.75, 3.05) is 19.7 Å². The van der Waals surface area contributed by atoms with Gasteiger partial charge in [-0.15, -0.1) is 17.5 Å². The van der Waals surface area contributed by atoms with Crippen LogP contribution in [0.2, 0.25) is 0 Å². The zero-order valence-corrected chi connectivity index (χ0v) is 16.6. The third kappa shape index (κ3) is 6.33. The normalized spacial score (nSPS) is 14.9. The predicted molar refractivity (Wildman–Crippen MR) is 102 cm³/mol. The fourth-order valence-electron chi connectivity index (χ4n) is 3.08. The second-order valence-electron chi connectivity index (χ2n) is 6.68. The van der Waals surface area contributed by atoms with E-state index in [9.17, 15) is 18.0 Å². The molecule has 2 aromatic rings. The molecule has 160 valence electrons. The fraction of sp³-hybridized carbons (Fsp3) is 0.500. The van der Waals surface area contributed by atoms with E-state index in [1.807, 2.05) is 11.6 Å². The van der Waals surface area contributed by atoms with Crippen molar-refractivity contribution in [1.29, 1.82) is 0 Å². The van der Waals surface area contributed by atoms with Crippen LogP contribution in [0.5, 0.6) is 5.75 Å². The van der Waals surface area contributed by atoms with E-state index >= 15 is 0 Å². The molecule has 29 heavy (non-hydrogen) atoms. The number of benzene rings is 1. The van der Waals surface area contributed by atoms with Gasteiger partial charge in [-0.3, -0.25) is 4.79 Å². The van der Waals surface area contributed by atoms with Crippen molar-refractivity contribution >= 4 is 18.3 Å². The fourth-order valence-corrected chi connectivity index (χ4v) is 3.08. The number of amides is 1. The van der Waals surface area contributed by atoms with Crippen molar-refractivity contribution in [2.24, 2.45) is 0 Å². The van der Waals surface area contributed by atoms with Gasteiger partial charge in [0.25, 0.3) is 5.91 Å². The summed E-state index contributed by atoms with van der Waals surface area (Å²) in [6, 6.07) is 6.31. The monoisotopic (exact) mass is 433 g/mol. The summed E-state index contributed by atoms with van der Waals surface area (Å²) < 4.78 is 42.9. The van der Waals surface area contributed by atoms with Gasteiger partial charge in [-0.1, -0.05) is 17.3 Å². The largest absolute Gasteiger partial charge is 0.484 e. The van der Waals surface area contributed by atoms with Gasteiger partial charge in [-0.05, 0) is 50.6 Å². The van der Waals surface area contributed by atoms with Gasteiger partial charge < -0.3 is 15.4 Å². The molecule has 1 fully saturated rings. The Kier molecular flexibility index (Phi) is 7.86. The molecule has 11 heteroatoms. The van der Waals surface area contributed by atoms with Gasteiger partial charge in [-0.25, -0.2) is 4.68 Å². The number of hydrogen-bond acceptors (Lipinski definition) is 5.